The van der Waals surface area contributed by atoms with Gasteiger partial charge in [-0.25, -0.2) is 15.0 Å². The summed E-state index contributed by atoms with van der Waals surface area (Å²) in [6, 6.07) is 74.8. The molecule has 2 heterocycles. The van der Waals surface area contributed by atoms with Crippen LogP contribution in [0.4, 0.5) is 0 Å². The van der Waals surface area contributed by atoms with Crippen LogP contribution in [0.1, 0.15) is 0 Å². The van der Waals surface area contributed by atoms with E-state index >= 15 is 0 Å². The molecule has 2 aromatic heterocycles. The van der Waals surface area contributed by atoms with E-state index in [0.29, 0.717) is 17.5 Å². The zero-order valence-electron chi connectivity index (χ0n) is 33.0. The predicted molar refractivity (Wildman–Crippen MR) is 252 cm³/mol. The van der Waals surface area contributed by atoms with E-state index in [1.807, 2.05) is 0 Å². The Morgan fingerprint density at radius 2 is 0.689 bits per heavy atom. The van der Waals surface area contributed by atoms with Gasteiger partial charge in [-0.3, -0.25) is 0 Å². The van der Waals surface area contributed by atoms with Crippen LogP contribution in [-0.2, 0) is 0 Å². The summed E-state index contributed by atoms with van der Waals surface area (Å²) in [5.74, 6) is 1.92. The van der Waals surface area contributed by atoms with Crippen molar-refractivity contribution in [2.45, 2.75) is 0 Å². The molecule has 0 aliphatic heterocycles. The number of rotatable bonds is 6. The Bertz CT molecular complexity index is 3570. The topological polar surface area (TPSA) is 51.8 Å². The molecule has 0 aliphatic carbocycles. The maximum atomic E-state index is 6.41. The highest BCUT2D eigenvalue weighted by Gasteiger charge is 2.17. The van der Waals surface area contributed by atoms with Crippen LogP contribution in [0.15, 0.2) is 217 Å². The average Bonchev–Trinajstić information content (AvgIpc) is 3.72. The third-order valence-electron chi connectivity index (χ3n) is 11.9. The molecule has 4 nitrogen and oxygen atoms in total. The highest BCUT2D eigenvalue weighted by molar-refractivity contribution is 6.15. The smallest absolute Gasteiger partial charge is 0.164 e. The third kappa shape index (κ3) is 6.12. The number of hydrogen-bond donors (Lipinski definition) is 0. The van der Waals surface area contributed by atoms with Crippen LogP contribution in [0.5, 0.6) is 0 Å². The van der Waals surface area contributed by atoms with Crippen LogP contribution in [0, 0.1) is 0 Å². The second-order valence-electron chi connectivity index (χ2n) is 15.6. The Labute approximate surface area is 352 Å². The van der Waals surface area contributed by atoms with Crippen molar-refractivity contribution in [2.24, 2.45) is 0 Å². The fourth-order valence-electron chi connectivity index (χ4n) is 8.87. The van der Waals surface area contributed by atoms with Crippen LogP contribution in [0.25, 0.3) is 122 Å². The normalized spacial score (nSPS) is 11.6. The molecule has 12 rings (SSSR count). The molecule has 10 aromatic carbocycles. The molecule has 0 atom stereocenters. The minimum absolute atomic E-state index is 0.627. The molecule has 61 heavy (non-hydrogen) atoms. The van der Waals surface area contributed by atoms with Gasteiger partial charge >= 0.3 is 0 Å². The summed E-state index contributed by atoms with van der Waals surface area (Å²) in [5, 5.41) is 9.05. The van der Waals surface area contributed by atoms with Gasteiger partial charge in [0.05, 0.1) is 0 Å². The van der Waals surface area contributed by atoms with Crippen LogP contribution in [0.3, 0.4) is 0 Å². The van der Waals surface area contributed by atoms with Crippen molar-refractivity contribution in [3.8, 4) is 67.5 Å². The summed E-state index contributed by atoms with van der Waals surface area (Å²) < 4.78 is 6.41. The van der Waals surface area contributed by atoms with Gasteiger partial charge in [-0.05, 0) is 96.7 Å². The van der Waals surface area contributed by atoms with Crippen molar-refractivity contribution in [3.63, 3.8) is 0 Å². The first-order chi connectivity index (χ1) is 30.2. The summed E-state index contributed by atoms with van der Waals surface area (Å²) in [6.45, 7) is 0. The van der Waals surface area contributed by atoms with E-state index in [2.05, 4.69) is 212 Å². The van der Waals surface area contributed by atoms with Gasteiger partial charge in [0.15, 0.2) is 17.5 Å². The van der Waals surface area contributed by atoms with Gasteiger partial charge in [0, 0.05) is 32.8 Å². The van der Waals surface area contributed by atoms with E-state index in [9.17, 15) is 0 Å². The molecular formula is C57H35N3O. The Kier molecular flexibility index (Phi) is 8.13. The molecule has 0 saturated heterocycles. The van der Waals surface area contributed by atoms with Gasteiger partial charge in [0.1, 0.15) is 11.2 Å². The zero-order valence-corrected chi connectivity index (χ0v) is 33.0. The lowest BCUT2D eigenvalue weighted by molar-refractivity contribution is 0.672. The lowest BCUT2D eigenvalue weighted by atomic mass is 9.95. The van der Waals surface area contributed by atoms with Crippen molar-refractivity contribution in [3.05, 3.63) is 212 Å². The van der Waals surface area contributed by atoms with Crippen molar-refractivity contribution in [2.75, 3.05) is 0 Å². The molecule has 0 fully saturated rings. The second-order valence-corrected chi connectivity index (χ2v) is 15.6. The molecule has 4 heteroatoms. The minimum atomic E-state index is 0.627. The Morgan fingerprint density at radius 3 is 1.26 bits per heavy atom. The number of hydrogen-bond acceptors (Lipinski definition) is 4. The summed E-state index contributed by atoms with van der Waals surface area (Å²) in [4.78, 5) is 15.5. The average molecular weight is 778 g/mol. The molecule has 0 spiro atoms. The molecule has 284 valence electrons. The Hall–Kier alpha value is -8.21. The lowest BCUT2D eigenvalue weighted by Gasteiger charge is -2.12. The summed E-state index contributed by atoms with van der Waals surface area (Å²) in [7, 11) is 0. The van der Waals surface area contributed by atoms with Gasteiger partial charge < -0.3 is 4.42 Å². The first-order valence-corrected chi connectivity index (χ1v) is 20.6. The van der Waals surface area contributed by atoms with Crippen molar-refractivity contribution >= 4 is 54.3 Å². The molecule has 0 aliphatic rings. The molecule has 0 saturated carbocycles. The lowest BCUT2D eigenvalue weighted by Crippen LogP contribution is -2.01. The number of benzene rings is 10. The largest absolute Gasteiger partial charge is 0.455 e. The van der Waals surface area contributed by atoms with Crippen LogP contribution in [-0.4, -0.2) is 15.0 Å². The number of furan rings is 1. The van der Waals surface area contributed by atoms with Gasteiger partial charge in [-0.2, -0.15) is 0 Å². The molecule has 0 unspecified atom stereocenters. The number of nitrogens with zero attached hydrogens (tertiary/aromatic N) is 3. The monoisotopic (exact) mass is 777 g/mol. The Balaban J connectivity index is 0.927. The highest BCUT2D eigenvalue weighted by atomic mass is 16.3. The standard InChI is InChI=1S/C57H35N3O/c1-4-23-46-36(12-1)15-10-26-50(46)56-58-55(59-57(60-56)51-27-11-16-37-13-2-5-24-47(37)51)45-22-9-21-43(34-45)41-19-7-17-39(32-41)40-18-8-20-42(33-40)44-29-31-53-52(35-44)49-30-28-38-14-3-6-25-48(38)54(49)61-53/h1-35H. The van der Waals surface area contributed by atoms with Crippen LogP contribution in [0.2, 0.25) is 0 Å². The minimum Gasteiger partial charge on any atom is -0.455 e. The van der Waals surface area contributed by atoms with Gasteiger partial charge in [-0.15, -0.1) is 0 Å². The van der Waals surface area contributed by atoms with E-state index in [1.165, 1.54) is 5.39 Å². The van der Waals surface area contributed by atoms with Crippen LogP contribution < -0.4 is 0 Å². The highest BCUT2D eigenvalue weighted by Crippen LogP contribution is 2.38. The van der Waals surface area contributed by atoms with Gasteiger partial charge in [0.25, 0.3) is 0 Å². The van der Waals surface area contributed by atoms with Crippen molar-refractivity contribution in [1.82, 2.24) is 15.0 Å². The number of aromatic nitrogens is 3. The fourth-order valence-corrected chi connectivity index (χ4v) is 8.87. The first kappa shape index (κ1) is 34.8. The van der Waals surface area contributed by atoms with Gasteiger partial charge in [0.2, 0.25) is 0 Å². The van der Waals surface area contributed by atoms with Crippen LogP contribution >= 0.6 is 0 Å². The maximum absolute atomic E-state index is 6.41. The van der Waals surface area contributed by atoms with E-state index < -0.39 is 0 Å². The Morgan fingerprint density at radius 1 is 0.262 bits per heavy atom. The van der Waals surface area contributed by atoms with E-state index in [4.69, 9.17) is 19.4 Å². The molecule has 0 radical (unpaired) electrons. The molecular weight excluding hydrogens is 743 g/mol. The van der Waals surface area contributed by atoms with E-state index in [0.717, 1.165) is 98.9 Å². The summed E-state index contributed by atoms with van der Waals surface area (Å²) in [5.41, 5.74) is 11.5. The molecule has 0 N–H and O–H groups in total. The maximum Gasteiger partial charge on any atom is 0.164 e. The van der Waals surface area contributed by atoms with Crippen molar-refractivity contribution in [1.29, 1.82) is 0 Å². The summed E-state index contributed by atoms with van der Waals surface area (Å²) in [6.07, 6.45) is 0. The molecule has 12 aromatic rings. The SMILES string of the molecule is c1cc(-c2cccc(-c3ccc4oc5c6ccccc6ccc5c4c3)c2)cc(-c2cccc(-c3nc(-c4cccc5ccccc45)nc(-c4cccc5ccccc45)n3)c2)c1. The quantitative estimate of drug-likeness (QED) is 0.169. The molecule has 0 bridgehead atoms. The third-order valence-corrected chi connectivity index (χ3v) is 11.9. The predicted octanol–water partition coefficient (Wildman–Crippen LogP) is 15.2. The molecule has 0 amide bonds. The summed E-state index contributed by atoms with van der Waals surface area (Å²) >= 11 is 0. The fraction of sp³-hybridized carbons (Fsp3) is 0. The van der Waals surface area contributed by atoms with E-state index in [-0.39, 0.29) is 0 Å². The second kappa shape index (κ2) is 14.3. The zero-order chi connectivity index (χ0) is 40.3. The first-order valence-electron chi connectivity index (χ1n) is 20.6. The number of fused-ring (bicyclic) bond motifs is 7. The van der Waals surface area contributed by atoms with E-state index in [1.54, 1.807) is 0 Å². The van der Waals surface area contributed by atoms with Gasteiger partial charge in [-0.1, -0.05) is 176 Å². The van der Waals surface area contributed by atoms with Crippen molar-refractivity contribution < 1.29 is 4.42 Å².